The van der Waals surface area contributed by atoms with E-state index in [0.717, 1.165) is 69.5 Å². The molecule has 2 aliphatic rings. The number of halogens is 1. The zero-order valence-electron chi connectivity index (χ0n) is 19.1. The van der Waals surface area contributed by atoms with Crippen LogP contribution in [0.5, 0.6) is 5.75 Å². The third-order valence-electron chi connectivity index (χ3n) is 7.37. The van der Waals surface area contributed by atoms with Crippen LogP contribution in [0.1, 0.15) is 42.4 Å². The number of hydrogen-bond donors (Lipinski definition) is 3. The third kappa shape index (κ3) is 5.31. The van der Waals surface area contributed by atoms with Gasteiger partial charge in [0.1, 0.15) is 11.6 Å². The Kier molecular flexibility index (Phi) is 7.46. The van der Waals surface area contributed by atoms with Gasteiger partial charge in [-0.05, 0) is 62.4 Å². The lowest BCUT2D eigenvalue weighted by Gasteiger charge is -2.41. The number of benzene rings is 2. The largest absolute Gasteiger partial charge is 0.508 e. The second-order valence-corrected chi connectivity index (χ2v) is 9.58. The highest BCUT2D eigenvalue weighted by atomic mass is 19.1. The van der Waals surface area contributed by atoms with Crippen molar-refractivity contribution in [3.8, 4) is 5.75 Å². The van der Waals surface area contributed by atoms with Crippen molar-refractivity contribution in [2.45, 2.75) is 44.3 Å². The number of likely N-dealkylation sites (N-methyl/N-ethyl adjacent to an activating group) is 1. The topological polar surface area (TPSA) is 59.0 Å². The van der Waals surface area contributed by atoms with E-state index >= 15 is 0 Å². The van der Waals surface area contributed by atoms with Crippen LogP contribution in [0.15, 0.2) is 42.5 Å². The second kappa shape index (κ2) is 10.3. The van der Waals surface area contributed by atoms with Crippen molar-refractivity contribution < 1.29 is 14.6 Å². The van der Waals surface area contributed by atoms with Gasteiger partial charge < -0.3 is 20.4 Å². The van der Waals surface area contributed by atoms with Gasteiger partial charge in [-0.25, -0.2) is 4.39 Å². The van der Waals surface area contributed by atoms with Crippen molar-refractivity contribution in [3.05, 3.63) is 65.0 Å². The molecule has 1 saturated heterocycles. The molecule has 174 valence electrons. The number of piperazine rings is 1. The molecular formula is C26H36FN3O2. The number of nitrogens with zero attached hydrogens (tertiary/aromatic N) is 2. The van der Waals surface area contributed by atoms with Crippen LogP contribution in [0, 0.1) is 11.7 Å². The zero-order chi connectivity index (χ0) is 22.6. The molecule has 0 unspecified atom stereocenters. The Morgan fingerprint density at radius 1 is 1.06 bits per heavy atom. The summed E-state index contributed by atoms with van der Waals surface area (Å²) in [6.45, 7) is 5.63. The summed E-state index contributed by atoms with van der Waals surface area (Å²) in [7, 11) is 2.14. The van der Waals surface area contributed by atoms with Crippen molar-refractivity contribution in [2.75, 3.05) is 39.8 Å². The lowest BCUT2D eigenvalue weighted by atomic mass is 9.72. The Bertz CT molecular complexity index is 890. The SMILES string of the molecule is CN1CCN(Cc2cc(CNC3(c4ccccc4F)CCC(CO)CC3)ccc2O)CC1. The molecule has 1 saturated carbocycles. The molecule has 0 aromatic heterocycles. The summed E-state index contributed by atoms with van der Waals surface area (Å²) in [4.78, 5) is 4.70. The molecule has 0 bridgehead atoms. The summed E-state index contributed by atoms with van der Waals surface area (Å²) in [5.41, 5.74) is 2.31. The van der Waals surface area contributed by atoms with E-state index < -0.39 is 5.54 Å². The summed E-state index contributed by atoms with van der Waals surface area (Å²) in [6.07, 6.45) is 3.35. The first-order valence-corrected chi connectivity index (χ1v) is 11.8. The van der Waals surface area contributed by atoms with Gasteiger partial charge in [-0.3, -0.25) is 4.90 Å². The van der Waals surface area contributed by atoms with Gasteiger partial charge in [0.25, 0.3) is 0 Å². The Balaban J connectivity index is 1.49. The fourth-order valence-corrected chi connectivity index (χ4v) is 5.14. The Labute approximate surface area is 190 Å². The standard InChI is InChI=1S/C26H36FN3O2/c1-29-12-14-30(15-13-29)18-22-16-21(6-7-25(22)32)17-28-26(10-8-20(19-31)9-11-26)23-4-2-3-5-24(23)27/h2-7,16,20,28,31-32H,8-15,17-19H2,1H3. The lowest BCUT2D eigenvalue weighted by Crippen LogP contribution is -2.46. The maximum Gasteiger partial charge on any atom is 0.128 e. The zero-order valence-corrected chi connectivity index (χ0v) is 19.1. The van der Waals surface area contributed by atoms with E-state index in [2.05, 4.69) is 28.2 Å². The highest BCUT2D eigenvalue weighted by Gasteiger charge is 2.38. The number of phenolic OH excluding ortho intramolecular Hbond substituents is 1. The molecule has 0 atom stereocenters. The monoisotopic (exact) mass is 441 g/mol. The van der Waals surface area contributed by atoms with Gasteiger partial charge in [-0.2, -0.15) is 0 Å². The summed E-state index contributed by atoms with van der Waals surface area (Å²) < 4.78 is 14.8. The van der Waals surface area contributed by atoms with E-state index in [9.17, 15) is 14.6 Å². The minimum absolute atomic E-state index is 0.177. The summed E-state index contributed by atoms with van der Waals surface area (Å²) in [6, 6.07) is 12.9. The highest BCUT2D eigenvalue weighted by molar-refractivity contribution is 5.36. The van der Waals surface area contributed by atoms with Crippen LogP contribution in [0.3, 0.4) is 0 Å². The molecule has 0 radical (unpaired) electrons. The minimum Gasteiger partial charge on any atom is -0.508 e. The molecule has 2 aromatic carbocycles. The average Bonchev–Trinajstić information content (AvgIpc) is 2.81. The molecule has 5 nitrogen and oxygen atoms in total. The van der Waals surface area contributed by atoms with E-state index in [0.29, 0.717) is 23.8 Å². The van der Waals surface area contributed by atoms with Crippen molar-refractivity contribution in [1.29, 1.82) is 0 Å². The molecule has 0 spiro atoms. The van der Waals surface area contributed by atoms with E-state index in [4.69, 9.17) is 0 Å². The lowest BCUT2D eigenvalue weighted by molar-refractivity contribution is 0.129. The number of phenols is 1. The van der Waals surface area contributed by atoms with Crippen LogP contribution >= 0.6 is 0 Å². The predicted octanol–water partition coefficient (Wildman–Crippen LogP) is 3.45. The number of aromatic hydroxyl groups is 1. The van der Waals surface area contributed by atoms with Crippen LogP contribution < -0.4 is 5.32 Å². The van der Waals surface area contributed by atoms with E-state index in [-0.39, 0.29) is 12.4 Å². The van der Waals surface area contributed by atoms with Crippen molar-refractivity contribution in [2.24, 2.45) is 5.92 Å². The Hall–Kier alpha value is -1.99. The number of aliphatic hydroxyl groups excluding tert-OH is 1. The van der Waals surface area contributed by atoms with E-state index in [1.807, 2.05) is 18.2 Å². The molecule has 1 aliphatic heterocycles. The molecule has 1 aliphatic carbocycles. The van der Waals surface area contributed by atoms with Gasteiger partial charge in [0.05, 0.1) is 0 Å². The second-order valence-electron chi connectivity index (χ2n) is 9.58. The summed E-state index contributed by atoms with van der Waals surface area (Å²) in [5, 5.41) is 23.7. The van der Waals surface area contributed by atoms with Crippen LogP contribution in [0.2, 0.25) is 0 Å². The van der Waals surface area contributed by atoms with Crippen molar-refractivity contribution in [3.63, 3.8) is 0 Å². The highest BCUT2D eigenvalue weighted by Crippen LogP contribution is 2.40. The van der Waals surface area contributed by atoms with Crippen molar-refractivity contribution in [1.82, 2.24) is 15.1 Å². The van der Waals surface area contributed by atoms with Gasteiger partial charge in [0, 0.05) is 62.5 Å². The first-order valence-electron chi connectivity index (χ1n) is 11.8. The minimum atomic E-state index is -0.438. The van der Waals surface area contributed by atoms with Crippen LogP contribution in [0.4, 0.5) is 4.39 Å². The number of aliphatic hydroxyl groups is 1. The molecule has 0 amide bonds. The molecule has 6 heteroatoms. The Morgan fingerprint density at radius 2 is 1.78 bits per heavy atom. The summed E-state index contributed by atoms with van der Waals surface area (Å²) >= 11 is 0. The summed E-state index contributed by atoms with van der Waals surface area (Å²) in [5.74, 6) is 0.449. The molecule has 3 N–H and O–H groups in total. The molecular weight excluding hydrogens is 405 g/mol. The van der Waals surface area contributed by atoms with Gasteiger partial charge in [-0.15, -0.1) is 0 Å². The van der Waals surface area contributed by atoms with Crippen LogP contribution in [-0.4, -0.2) is 59.8 Å². The number of nitrogens with one attached hydrogen (secondary N) is 1. The molecule has 2 fully saturated rings. The molecule has 4 rings (SSSR count). The van der Waals surface area contributed by atoms with E-state index in [1.165, 1.54) is 6.07 Å². The van der Waals surface area contributed by atoms with Gasteiger partial charge >= 0.3 is 0 Å². The van der Waals surface area contributed by atoms with Crippen LogP contribution in [-0.2, 0) is 18.6 Å². The molecule has 1 heterocycles. The fourth-order valence-electron chi connectivity index (χ4n) is 5.14. The third-order valence-corrected chi connectivity index (χ3v) is 7.37. The maximum atomic E-state index is 14.8. The normalized spacial score (nSPS) is 25.2. The van der Waals surface area contributed by atoms with Gasteiger partial charge in [0.2, 0.25) is 0 Å². The Morgan fingerprint density at radius 3 is 2.47 bits per heavy atom. The van der Waals surface area contributed by atoms with Crippen molar-refractivity contribution >= 4 is 0 Å². The van der Waals surface area contributed by atoms with Crippen LogP contribution in [0.25, 0.3) is 0 Å². The number of rotatable bonds is 7. The smallest absolute Gasteiger partial charge is 0.128 e. The number of hydrogen-bond acceptors (Lipinski definition) is 5. The first-order chi connectivity index (χ1) is 15.5. The van der Waals surface area contributed by atoms with E-state index in [1.54, 1.807) is 12.1 Å². The maximum absolute atomic E-state index is 14.8. The first kappa shape index (κ1) is 23.2. The molecule has 32 heavy (non-hydrogen) atoms. The van der Waals surface area contributed by atoms with Gasteiger partial charge in [-0.1, -0.05) is 24.3 Å². The van der Waals surface area contributed by atoms with Gasteiger partial charge in [0.15, 0.2) is 0 Å². The molecule has 2 aromatic rings. The predicted molar refractivity (Wildman–Crippen MR) is 125 cm³/mol. The quantitative estimate of drug-likeness (QED) is 0.615. The average molecular weight is 442 g/mol. The fraction of sp³-hybridized carbons (Fsp3) is 0.538.